The standard InChI is InChI=1S/C15H13Cl2NO2S/c16-12-6-3-7-14(15(12)17)21(19,20)18-13-9-8-10-4-1-2-5-11(10)13/h1-7,13,18H,8-9H2. The molecule has 0 radical (unpaired) electrons. The molecule has 0 spiro atoms. The van der Waals surface area contributed by atoms with Gasteiger partial charge >= 0.3 is 0 Å². The fourth-order valence-corrected chi connectivity index (χ4v) is 4.63. The van der Waals surface area contributed by atoms with Crippen LogP contribution in [0, 0.1) is 0 Å². The van der Waals surface area contributed by atoms with Gasteiger partial charge in [0.25, 0.3) is 0 Å². The van der Waals surface area contributed by atoms with E-state index >= 15 is 0 Å². The van der Waals surface area contributed by atoms with Crippen molar-refractivity contribution in [3.63, 3.8) is 0 Å². The van der Waals surface area contributed by atoms with E-state index in [1.165, 1.54) is 11.6 Å². The van der Waals surface area contributed by atoms with Gasteiger partial charge in [-0.05, 0) is 36.1 Å². The highest BCUT2D eigenvalue weighted by molar-refractivity contribution is 7.89. The molecular weight excluding hydrogens is 329 g/mol. The fourth-order valence-electron chi connectivity index (χ4n) is 2.62. The van der Waals surface area contributed by atoms with E-state index < -0.39 is 10.0 Å². The van der Waals surface area contributed by atoms with Crippen LogP contribution in [0.3, 0.4) is 0 Å². The SMILES string of the molecule is O=S(=O)(NC1CCc2ccccc21)c1cccc(Cl)c1Cl. The summed E-state index contributed by atoms with van der Waals surface area (Å²) in [4.78, 5) is 0.0149. The third-order valence-electron chi connectivity index (χ3n) is 3.64. The van der Waals surface area contributed by atoms with E-state index in [0.29, 0.717) is 0 Å². The number of rotatable bonds is 3. The van der Waals surface area contributed by atoms with Gasteiger partial charge in [-0.2, -0.15) is 0 Å². The lowest BCUT2D eigenvalue weighted by Crippen LogP contribution is -2.27. The predicted octanol–water partition coefficient (Wildman–Crippen LogP) is 3.96. The van der Waals surface area contributed by atoms with Crippen LogP contribution in [0.15, 0.2) is 47.4 Å². The second-order valence-electron chi connectivity index (χ2n) is 4.96. The van der Waals surface area contributed by atoms with Gasteiger partial charge in [0.15, 0.2) is 0 Å². The van der Waals surface area contributed by atoms with E-state index in [-0.39, 0.29) is 21.0 Å². The first-order chi connectivity index (χ1) is 9.99. The minimum atomic E-state index is -3.71. The topological polar surface area (TPSA) is 46.2 Å². The summed E-state index contributed by atoms with van der Waals surface area (Å²) >= 11 is 11.9. The molecule has 21 heavy (non-hydrogen) atoms. The average molecular weight is 342 g/mol. The normalized spacial score (nSPS) is 17.7. The number of fused-ring (bicyclic) bond motifs is 1. The lowest BCUT2D eigenvalue weighted by atomic mass is 10.1. The van der Waals surface area contributed by atoms with Gasteiger partial charge in [-0.3, -0.25) is 0 Å². The molecule has 0 fully saturated rings. The van der Waals surface area contributed by atoms with Crippen molar-refractivity contribution >= 4 is 33.2 Å². The molecule has 2 aromatic carbocycles. The summed E-state index contributed by atoms with van der Waals surface area (Å²) in [5.41, 5.74) is 2.21. The van der Waals surface area contributed by atoms with Crippen LogP contribution in [0.2, 0.25) is 10.0 Å². The molecule has 2 aromatic rings. The Morgan fingerprint density at radius 3 is 2.62 bits per heavy atom. The number of nitrogens with one attached hydrogen (secondary N) is 1. The van der Waals surface area contributed by atoms with E-state index in [9.17, 15) is 8.42 Å². The van der Waals surface area contributed by atoms with Crippen molar-refractivity contribution in [2.75, 3.05) is 0 Å². The molecule has 1 aliphatic rings. The molecule has 0 heterocycles. The molecule has 0 bridgehead atoms. The van der Waals surface area contributed by atoms with Crippen LogP contribution >= 0.6 is 23.2 Å². The molecule has 1 unspecified atom stereocenters. The summed E-state index contributed by atoms with van der Waals surface area (Å²) in [6.07, 6.45) is 1.61. The average Bonchev–Trinajstić information content (AvgIpc) is 2.84. The van der Waals surface area contributed by atoms with E-state index in [1.807, 2.05) is 24.3 Å². The van der Waals surface area contributed by atoms with Crippen LogP contribution < -0.4 is 4.72 Å². The molecule has 0 saturated heterocycles. The van der Waals surface area contributed by atoms with Gasteiger partial charge in [0.1, 0.15) is 4.90 Å². The summed E-state index contributed by atoms with van der Waals surface area (Å²) in [5.74, 6) is 0. The zero-order valence-corrected chi connectivity index (χ0v) is 13.3. The van der Waals surface area contributed by atoms with E-state index in [1.54, 1.807) is 12.1 Å². The Morgan fingerprint density at radius 1 is 1.05 bits per heavy atom. The Hall–Kier alpha value is -1.07. The summed E-state index contributed by atoms with van der Waals surface area (Å²) in [7, 11) is -3.71. The van der Waals surface area contributed by atoms with E-state index in [2.05, 4.69) is 4.72 Å². The third-order valence-corrected chi connectivity index (χ3v) is 6.08. The van der Waals surface area contributed by atoms with Crippen molar-refractivity contribution in [1.82, 2.24) is 4.72 Å². The second kappa shape index (κ2) is 5.61. The van der Waals surface area contributed by atoms with Crippen LogP contribution in [0.5, 0.6) is 0 Å². The number of aryl methyl sites for hydroxylation is 1. The lowest BCUT2D eigenvalue weighted by Gasteiger charge is -2.15. The third kappa shape index (κ3) is 2.81. The molecule has 0 saturated carbocycles. The van der Waals surface area contributed by atoms with Gasteiger partial charge in [-0.25, -0.2) is 13.1 Å². The molecule has 3 nitrogen and oxygen atoms in total. The van der Waals surface area contributed by atoms with E-state index in [0.717, 1.165) is 18.4 Å². The minimum Gasteiger partial charge on any atom is -0.207 e. The fraction of sp³-hybridized carbons (Fsp3) is 0.200. The largest absolute Gasteiger partial charge is 0.242 e. The summed E-state index contributed by atoms with van der Waals surface area (Å²) < 4.78 is 27.8. The van der Waals surface area contributed by atoms with E-state index in [4.69, 9.17) is 23.2 Å². The molecule has 1 aliphatic carbocycles. The first-order valence-corrected chi connectivity index (χ1v) is 8.77. The Bertz CT molecular complexity index is 790. The maximum Gasteiger partial charge on any atom is 0.242 e. The van der Waals surface area contributed by atoms with Crippen molar-refractivity contribution in [3.8, 4) is 0 Å². The Balaban J connectivity index is 1.93. The zero-order chi connectivity index (χ0) is 15.0. The zero-order valence-electron chi connectivity index (χ0n) is 11.0. The van der Waals surface area contributed by atoms with Crippen LogP contribution in [0.1, 0.15) is 23.6 Å². The van der Waals surface area contributed by atoms with Crippen molar-refractivity contribution in [1.29, 1.82) is 0 Å². The van der Waals surface area contributed by atoms with Crippen LogP contribution in [0.25, 0.3) is 0 Å². The van der Waals surface area contributed by atoms with Gasteiger partial charge in [0.2, 0.25) is 10.0 Å². The molecule has 0 amide bonds. The van der Waals surface area contributed by atoms with Gasteiger partial charge in [-0.15, -0.1) is 0 Å². The van der Waals surface area contributed by atoms with Crippen molar-refractivity contribution in [3.05, 3.63) is 63.6 Å². The molecule has 0 aliphatic heterocycles. The number of hydrogen-bond acceptors (Lipinski definition) is 2. The predicted molar refractivity (Wildman–Crippen MR) is 84.3 cm³/mol. The molecule has 0 aromatic heterocycles. The van der Waals surface area contributed by atoms with Crippen LogP contribution in [0.4, 0.5) is 0 Å². The van der Waals surface area contributed by atoms with Crippen LogP contribution in [-0.4, -0.2) is 8.42 Å². The van der Waals surface area contributed by atoms with Crippen molar-refractivity contribution in [2.24, 2.45) is 0 Å². The maximum absolute atomic E-state index is 12.5. The monoisotopic (exact) mass is 341 g/mol. The lowest BCUT2D eigenvalue weighted by molar-refractivity contribution is 0.554. The molecule has 3 rings (SSSR count). The molecule has 1 atom stereocenters. The highest BCUT2D eigenvalue weighted by Crippen LogP contribution is 2.34. The highest BCUT2D eigenvalue weighted by atomic mass is 35.5. The Labute approximate surface area is 133 Å². The maximum atomic E-state index is 12.5. The highest BCUT2D eigenvalue weighted by Gasteiger charge is 2.28. The first-order valence-electron chi connectivity index (χ1n) is 6.53. The molecular formula is C15H13Cl2NO2S. The first kappa shape index (κ1) is 14.9. The van der Waals surface area contributed by atoms with Gasteiger partial charge in [0.05, 0.1) is 10.0 Å². The van der Waals surface area contributed by atoms with Crippen LogP contribution in [-0.2, 0) is 16.4 Å². The number of sulfonamides is 1. The number of halogens is 2. The molecule has 110 valence electrons. The van der Waals surface area contributed by atoms with Crippen molar-refractivity contribution in [2.45, 2.75) is 23.8 Å². The van der Waals surface area contributed by atoms with Crippen molar-refractivity contribution < 1.29 is 8.42 Å². The summed E-state index contributed by atoms with van der Waals surface area (Å²) in [6, 6.07) is 12.2. The summed E-state index contributed by atoms with van der Waals surface area (Å²) in [5, 5.41) is 0.282. The quantitative estimate of drug-likeness (QED) is 0.918. The van der Waals surface area contributed by atoms with Gasteiger partial charge < -0.3 is 0 Å². The number of hydrogen-bond donors (Lipinski definition) is 1. The Kier molecular flexibility index (Phi) is 3.97. The minimum absolute atomic E-state index is 0.0149. The van der Waals surface area contributed by atoms with Gasteiger partial charge in [0, 0.05) is 6.04 Å². The summed E-state index contributed by atoms with van der Waals surface area (Å²) in [6.45, 7) is 0. The second-order valence-corrected chi connectivity index (χ2v) is 7.43. The molecule has 1 N–H and O–H groups in total. The molecule has 6 heteroatoms. The smallest absolute Gasteiger partial charge is 0.207 e. The number of benzene rings is 2. The Morgan fingerprint density at radius 2 is 1.81 bits per heavy atom. The van der Waals surface area contributed by atoms with Gasteiger partial charge in [-0.1, -0.05) is 53.5 Å².